The van der Waals surface area contributed by atoms with Gasteiger partial charge in [0.05, 0.1) is 12.1 Å². The van der Waals surface area contributed by atoms with Crippen LogP contribution in [0.15, 0.2) is 6.33 Å². The van der Waals surface area contributed by atoms with Gasteiger partial charge in [0.2, 0.25) is 5.91 Å². The number of carbonyl (C=O) groups is 1. The second-order valence-electron chi connectivity index (χ2n) is 7.84. The van der Waals surface area contributed by atoms with Crippen molar-refractivity contribution in [3.8, 4) is 0 Å². The topological polar surface area (TPSA) is 60.3 Å². The Hall–Kier alpha value is -1.43. The molecule has 1 aromatic heterocycles. The number of hydrogen-bond acceptors (Lipinski definition) is 4. The minimum atomic E-state index is -0.0186. The van der Waals surface area contributed by atoms with Crippen LogP contribution in [0.4, 0.5) is 0 Å². The minimum Gasteiger partial charge on any atom is -0.380 e. The van der Waals surface area contributed by atoms with Crippen molar-refractivity contribution in [2.45, 2.75) is 58.1 Å². The van der Waals surface area contributed by atoms with Crippen LogP contribution in [-0.2, 0) is 16.6 Å². The molecule has 128 valence electrons. The molecule has 0 N–H and O–H groups in total. The van der Waals surface area contributed by atoms with E-state index in [-0.39, 0.29) is 24.0 Å². The number of ether oxygens (including phenoxy) is 1. The molecule has 1 saturated carbocycles. The molecule has 6 nitrogen and oxygen atoms in total. The predicted octanol–water partition coefficient (Wildman–Crippen LogP) is 2.32. The molecule has 1 aliphatic heterocycles. The first-order valence-electron chi connectivity index (χ1n) is 8.58. The normalized spacial score (nSPS) is 28.3. The van der Waals surface area contributed by atoms with Crippen molar-refractivity contribution < 1.29 is 9.53 Å². The van der Waals surface area contributed by atoms with E-state index in [1.165, 1.54) is 0 Å². The maximum absolute atomic E-state index is 13.1. The molecule has 2 atom stereocenters. The second kappa shape index (κ2) is 6.23. The first kappa shape index (κ1) is 16.4. The Bertz CT molecular complexity index is 559. The zero-order valence-electron chi connectivity index (χ0n) is 14.7. The monoisotopic (exact) mass is 320 g/mol. The zero-order chi connectivity index (χ0) is 16.6. The van der Waals surface area contributed by atoms with Crippen molar-refractivity contribution in [1.29, 1.82) is 0 Å². The minimum absolute atomic E-state index is 0.0186. The molecule has 1 saturated heterocycles. The molecule has 1 amide bonds. The zero-order valence-corrected chi connectivity index (χ0v) is 14.7. The van der Waals surface area contributed by atoms with E-state index in [0.29, 0.717) is 12.0 Å². The number of aryl methyl sites for hydroxylation is 1. The fourth-order valence-corrected chi connectivity index (χ4v) is 3.93. The van der Waals surface area contributed by atoms with Gasteiger partial charge in [-0.25, -0.2) is 0 Å². The third kappa shape index (κ3) is 3.27. The Morgan fingerprint density at radius 3 is 2.61 bits per heavy atom. The van der Waals surface area contributed by atoms with Crippen molar-refractivity contribution in [2.75, 3.05) is 13.7 Å². The highest BCUT2D eigenvalue weighted by atomic mass is 16.5. The first-order valence-corrected chi connectivity index (χ1v) is 8.58. The lowest BCUT2D eigenvalue weighted by Gasteiger charge is -2.36. The number of aromatic nitrogens is 3. The van der Waals surface area contributed by atoms with Gasteiger partial charge in [-0.05, 0) is 31.1 Å². The summed E-state index contributed by atoms with van der Waals surface area (Å²) >= 11 is 0. The summed E-state index contributed by atoms with van der Waals surface area (Å²) in [5, 5.41) is 8.21. The van der Waals surface area contributed by atoms with E-state index < -0.39 is 0 Å². The highest BCUT2D eigenvalue weighted by Crippen LogP contribution is 2.41. The average Bonchev–Trinajstić information content (AvgIpc) is 3.12. The molecule has 2 fully saturated rings. The van der Waals surface area contributed by atoms with Crippen molar-refractivity contribution in [3.63, 3.8) is 0 Å². The molecular formula is C17H28N4O2. The molecule has 0 bridgehead atoms. The highest BCUT2D eigenvalue weighted by Gasteiger charge is 2.42. The molecule has 1 aromatic rings. The van der Waals surface area contributed by atoms with Gasteiger partial charge in [0.15, 0.2) is 5.82 Å². The van der Waals surface area contributed by atoms with Gasteiger partial charge in [-0.15, -0.1) is 10.2 Å². The number of hydrogen-bond donors (Lipinski definition) is 0. The van der Waals surface area contributed by atoms with E-state index in [4.69, 9.17) is 4.74 Å². The van der Waals surface area contributed by atoms with Crippen LogP contribution < -0.4 is 0 Å². The highest BCUT2D eigenvalue weighted by molar-refractivity contribution is 5.79. The number of rotatable bonds is 3. The lowest BCUT2D eigenvalue weighted by Crippen LogP contribution is -2.39. The fourth-order valence-electron chi connectivity index (χ4n) is 3.93. The van der Waals surface area contributed by atoms with E-state index in [0.717, 1.165) is 37.9 Å². The smallest absolute Gasteiger partial charge is 0.226 e. The van der Waals surface area contributed by atoms with Gasteiger partial charge >= 0.3 is 0 Å². The third-order valence-electron chi connectivity index (χ3n) is 5.61. The third-order valence-corrected chi connectivity index (χ3v) is 5.61. The summed E-state index contributed by atoms with van der Waals surface area (Å²) in [6.45, 7) is 5.26. The number of likely N-dealkylation sites (tertiary alicyclic amines) is 1. The standard InChI is InChI=1S/C17H28N4O2/c1-17(2)7-5-12(6-8-17)16(22)21-10-13(23-4)9-14(21)15-19-18-11-20(15)3/h11-14H,5-10H2,1-4H3/t13-,14+/m1/s1. The van der Waals surface area contributed by atoms with Gasteiger partial charge in [-0.1, -0.05) is 13.8 Å². The SMILES string of the molecule is CO[C@@H]1C[C@@H](c2nncn2C)N(C(=O)C2CCC(C)(C)CC2)C1. The summed E-state index contributed by atoms with van der Waals surface area (Å²) < 4.78 is 7.44. The summed E-state index contributed by atoms with van der Waals surface area (Å²) in [6, 6.07) is -0.0186. The van der Waals surface area contributed by atoms with E-state index in [9.17, 15) is 4.79 Å². The fraction of sp³-hybridized carbons (Fsp3) is 0.824. The van der Waals surface area contributed by atoms with Crippen LogP contribution in [0.3, 0.4) is 0 Å². The van der Waals surface area contributed by atoms with Crippen molar-refractivity contribution in [1.82, 2.24) is 19.7 Å². The van der Waals surface area contributed by atoms with Gasteiger partial charge in [0.25, 0.3) is 0 Å². The summed E-state index contributed by atoms with van der Waals surface area (Å²) in [4.78, 5) is 15.1. The van der Waals surface area contributed by atoms with E-state index in [1.807, 2.05) is 16.5 Å². The molecule has 6 heteroatoms. The molecule has 2 aliphatic rings. The van der Waals surface area contributed by atoms with Gasteiger partial charge in [-0.2, -0.15) is 0 Å². The summed E-state index contributed by atoms with van der Waals surface area (Å²) in [6.07, 6.45) is 6.81. The van der Waals surface area contributed by atoms with Crippen LogP contribution in [0.1, 0.15) is 57.8 Å². The number of methoxy groups -OCH3 is 1. The van der Waals surface area contributed by atoms with Gasteiger partial charge in [0, 0.05) is 33.0 Å². The summed E-state index contributed by atoms with van der Waals surface area (Å²) in [7, 11) is 3.65. The predicted molar refractivity (Wildman–Crippen MR) is 86.6 cm³/mol. The molecule has 1 aliphatic carbocycles. The number of carbonyl (C=O) groups excluding carboxylic acids is 1. The van der Waals surface area contributed by atoms with Crippen LogP contribution in [0.5, 0.6) is 0 Å². The largest absolute Gasteiger partial charge is 0.380 e. The maximum atomic E-state index is 13.1. The van der Waals surface area contributed by atoms with Crippen molar-refractivity contribution in [3.05, 3.63) is 12.2 Å². The Balaban J connectivity index is 1.76. The van der Waals surface area contributed by atoms with Crippen LogP contribution >= 0.6 is 0 Å². The summed E-state index contributed by atoms with van der Waals surface area (Å²) in [5.41, 5.74) is 0.375. The Kier molecular flexibility index (Phi) is 4.45. The quantitative estimate of drug-likeness (QED) is 0.857. The van der Waals surface area contributed by atoms with E-state index >= 15 is 0 Å². The van der Waals surface area contributed by atoms with Crippen LogP contribution in [0.2, 0.25) is 0 Å². The van der Waals surface area contributed by atoms with E-state index in [2.05, 4.69) is 24.0 Å². The lowest BCUT2D eigenvalue weighted by atomic mass is 9.73. The lowest BCUT2D eigenvalue weighted by molar-refractivity contribution is -0.138. The van der Waals surface area contributed by atoms with Crippen LogP contribution in [0.25, 0.3) is 0 Å². The summed E-state index contributed by atoms with van der Waals surface area (Å²) in [5.74, 6) is 1.27. The maximum Gasteiger partial charge on any atom is 0.226 e. The molecule has 0 unspecified atom stereocenters. The van der Waals surface area contributed by atoms with Crippen molar-refractivity contribution in [2.24, 2.45) is 18.4 Å². The Morgan fingerprint density at radius 2 is 2.04 bits per heavy atom. The van der Waals surface area contributed by atoms with Gasteiger partial charge in [-0.3, -0.25) is 4.79 Å². The Morgan fingerprint density at radius 1 is 1.35 bits per heavy atom. The molecule has 0 radical (unpaired) electrons. The molecule has 0 spiro atoms. The van der Waals surface area contributed by atoms with Crippen LogP contribution in [-0.4, -0.2) is 45.3 Å². The molecular weight excluding hydrogens is 292 g/mol. The van der Waals surface area contributed by atoms with Crippen LogP contribution in [0, 0.1) is 11.3 Å². The average molecular weight is 320 g/mol. The second-order valence-corrected chi connectivity index (χ2v) is 7.84. The first-order chi connectivity index (χ1) is 10.9. The molecule has 3 rings (SSSR count). The van der Waals surface area contributed by atoms with Crippen molar-refractivity contribution >= 4 is 5.91 Å². The molecule has 23 heavy (non-hydrogen) atoms. The number of amides is 1. The van der Waals surface area contributed by atoms with Gasteiger partial charge in [0.1, 0.15) is 6.33 Å². The molecule has 2 heterocycles. The van der Waals surface area contributed by atoms with Gasteiger partial charge < -0.3 is 14.2 Å². The van der Waals surface area contributed by atoms with E-state index in [1.54, 1.807) is 13.4 Å². The molecule has 0 aromatic carbocycles. The Labute approximate surface area is 138 Å². The number of nitrogens with zero attached hydrogens (tertiary/aromatic N) is 4.